The normalized spacial score (nSPS) is 12.9. The van der Waals surface area contributed by atoms with Crippen LogP contribution in [0.4, 0.5) is 20.4 Å². The van der Waals surface area contributed by atoms with Gasteiger partial charge in [0.2, 0.25) is 11.8 Å². The summed E-state index contributed by atoms with van der Waals surface area (Å²) in [4.78, 5) is 21.3. The van der Waals surface area contributed by atoms with Gasteiger partial charge in [0, 0.05) is 54.4 Å². The van der Waals surface area contributed by atoms with Gasteiger partial charge in [0.15, 0.2) is 0 Å². The summed E-state index contributed by atoms with van der Waals surface area (Å²) in [5.74, 6) is -0.861. The van der Waals surface area contributed by atoms with Crippen molar-refractivity contribution in [3.63, 3.8) is 0 Å². The number of ether oxygens (including phenoxy) is 3. The van der Waals surface area contributed by atoms with E-state index in [0.717, 1.165) is 24.1 Å². The van der Waals surface area contributed by atoms with E-state index in [2.05, 4.69) is 15.4 Å². The first-order valence-electron chi connectivity index (χ1n) is 13.8. The van der Waals surface area contributed by atoms with Gasteiger partial charge in [0.25, 0.3) is 0 Å². The number of carbonyl (C=O) groups excluding carboxylic acids is 1. The Hall–Kier alpha value is -4.39. The summed E-state index contributed by atoms with van der Waals surface area (Å²) >= 11 is 0. The maximum absolute atomic E-state index is 15.0. The van der Waals surface area contributed by atoms with Crippen LogP contribution in [-0.4, -0.2) is 62.4 Å². The Morgan fingerprint density at radius 1 is 1.12 bits per heavy atom. The van der Waals surface area contributed by atoms with E-state index >= 15 is 0 Å². The van der Waals surface area contributed by atoms with E-state index in [1.165, 1.54) is 18.3 Å². The van der Waals surface area contributed by atoms with E-state index in [4.69, 9.17) is 24.3 Å². The minimum absolute atomic E-state index is 0.0911. The molecule has 0 atom stereocenters. The molecule has 4 aromatic rings. The first-order chi connectivity index (χ1) is 20.3. The molecule has 1 aromatic carbocycles. The third-order valence-corrected chi connectivity index (χ3v) is 6.89. The number of nitrogens with zero attached hydrogens (tertiary/aromatic N) is 6. The molecule has 5 rings (SSSR count). The lowest BCUT2D eigenvalue weighted by Crippen LogP contribution is -2.12. The minimum atomic E-state index is -0.696. The van der Waals surface area contributed by atoms with E-state index in [9.17, 15) is 13.6 Å². The molecule has 1 N–H and O–H groups in total. The molecule has 11 nitrogen and oxygen atoms in total. The lowest BCUT2D eigenvalue weighted by atomic mass is 10.1. The zero-order valence-electron chi connectivity index (χ0n) is 24.0. The van der Waals surface area contributed by atoms with Gasteiger partial charge < -0.3 is 19.5 Å². The Morgan fingerprint density at radius 3 is 2.55 bits per heavy atom. The molecule has 0 unspecified atom stereocenters. The van der Waals surface area contributed by atoms with Gasteiger partial charge in [-0.05, 0) is 39.7 Å². The van der Waals surface area contributed by atoms with Crippen LogP contribution in [0.25, 0.3) is 11.5 Å². The molecule has 0 aliphatic heterocycles. The largest absolute Gasteiger partial charge is 0.494 e. The summed E-state index contributed by atoms with van der Waals surface area (Å²) in [6.07, 6.45) is 4.89. The van der Waals surface area contributed by atoms with E-state index in [0.29, 0.717) is 42.9 Å². The monoisotopic (exact) mass is 581 g/mol. The van der Waals surface area contributed by atoms with E-state index in [1.807, 2.05) is 6.92 Å². The third-order valence-electron chi connectivity index (χ3n) is 6.89. The van der Waals surface area contributed by atoms with E-state index < -0.39 is 17.6 Å². The molecule has 1 aliphatic carbocycles. The number of carbonyl (C=O) groups is 1. The van der Waals surface area contributed by atoms with Crippen LogP contribution in [0.1, 0.15) is 59.8 Å². The Bertz CT molecular complexity index is 1560. The number of esters is 1. The lowest BCUT2D eigenvalue weighted by molar-refractivity contribution is 0.0527. The summed E-state index contributed by atoms with van der Waals surface area (Å²) in [6, 6.07) is 4.03. The molecular weight excluding hydrogens is 548 g/mol. The number of aromatic nitrogens is 6. The van der Waals surface area contributed by atoms with Crippen molar-refractivity contribution >= 4 is 17.6 Å². The number of methoxy groups -OCH3 is 1. The van der Waals surface area contributed by atoms with Crippen molar-refractivity contribution in [1.29, 1.82) is 0 Å². The predicted molar refractivity (Wildman–Crippen MR) is 150 cm³/mol. The van der Waals surface area contributed by atoms with Crippen LogP contribution < -0.4 is 10.1 Å². The van der Waals surface area contributed by atoms with Gasteiger partial charge in [-0.2, -0.15) is 10.1 Å². The van der Waals surface area contributed by atoms with Crippen LogP contribution in [0.15, 0.2) is 30.6 Å². The van der Waals surface area contributed by atoms with Gasteiger partial charge in [-0.1, -0.05) is 0 Å². The van der Waals surface area contributed by atoms with Crippen LogP contribution >= 0.6 is 0 Å². The van der Waals surface area contributed by atoms with Gasteiger partial charge in [-0.15, -0.1) is 5.10 Å². The van der Waals surface area contributed by atoms with E-state index in [-0.39, 0.29) is 35.9 Å². The van der Waals surface area contributed by atoms with Gasteiger partial charge in [-0.3, -0.25) is 9.67 Å². The fourth-order valence-electron chi connectivity index (χ4n) is 4.77. The Kier molecular flexibility index (Phi) is 8.76. The number of hydrogen-bond acceptors (Lipinski definition) is 9. The molecule has 1 saturated carbocycles. The van der Waals surface area contributed by atoms with Gasteiger partial charge in [0.1, 0.15) is 28.6 Å². The summed E-state index contributed by atoms with van der Waals surface area (Å²) in [7, 11) is 1.58. The molecule has 13 heteroatoms. The molecule has 3 heterocycles. The Balaban J connectivity index is 1.52. The third kappa shape index (κ3) is 6.10. The summed E-state index contributed by atoms with van der Waals surface area (Å²) in [6.45, 7) is 6.55. The fourth-order valence-corrected chi connectivity index (χ4v) is 4.77. The maximum atomic E-state index is 15.0. The second kappa shape index (κ2) is 12.6. The predicted octanol–water partition coefficient (Wildman–Crippen LogP) is 5.01. The Morgan fingerprint density at radius 2 is 1.88 bits per heavy atom. The molecule has 0 bridgehead atoms. The molecule has 1 aliphatic rings. The molecule has 0 amide bonds. The molecule has 0 saturated heterocycles. The average molecular weight is 582 g/mol. The van der Waals surface area contributed by atoms with Crippen LogP contribution in [0.2, 0.25) is 0 Å². The van der Waals surface area contributed by atoms with Crippen molar-refractivity contribution in [2.45, 2.75) is 52.6 Å². The molecule has 0 radical (unpaired) electrons. The number of hydrogen-bond donors (Lipinski definition) is 1. The zero-order chi connectivity index (χ0) is 29.8. The van der Waals surface area contributed by atoms with Crippen LogP contribution in [0.3, 0.4) is 0 Å². The number of pyridine rings is 1. The first kappa shape index (κ1) is 29.1. The van der Waals surface area contributed by atoms with Gasteiger partial charge in [-0.25, -0.2) is 18.3 Å². The second-order valence-corrected chi connectivity index (χ2v) is 9.83. The number of anilines is 2. The van der Waals surface area contributed by atoms with Crippen LogP contribution in [0.5, 0.6) is 5.75 Å². The fraction of sp³-hybridized carbons (Fsp3) is 0.414. The highest BCUT2D eigenvalue weighted by molar-refractivity contribution is 5.95. The maximum Gasteiger partial charge on any atom is 0.341 e. The molecular formula is C29H33F2N7O4. The number of rotatable bonds is 13. The van der Waals surface area contributed by atoms with Crippen molar-refractivity contribution in [3.05, 3.63) is 64.6 Å². The average Bonchev–Trinajstić information content (AvgIpc) is 3.64. The molecule has 42 heavy (non-hydrogen) atoms. The highest BCUT2D eigenvalue weighted by Gasteiger charge is 2.33. The number of halogens is 2. The molecule has 222 valence electrons. The minimum Gasteiger partial charge on any atom is -0.494 e. The van der Waals surface area contributed by atoms with Crippen molar-refractivity contribution in [1.82, 2.24) is 29.5 Å². The van der Waals surface area contributed by atoms with Crippen molar-refractivity contribution < 1.29 is 27.8 Å². The highest BCUT2D eigenvalue weighted by Crippen LogP contribution is 2.44. The highest BCUT2D eigenvalue weighted by atomic mass is 19.1. The molecule has 0 spiro atoms. The first-order valence-corrected chi connectivity index (χ1v) is 13.8. The van der Waals surface area contributed by atoms with Gasteiger partial charge >= 0.3 is 5.97 Å². The van der Waals surface area contributed by atoms with Crippen LogP contribution in [0, 0.1) is 18.6 Å². The summed E-state index contributed by atoms with van der Waals surface area (Å²) in [5, 5.41) is 12.6. The second-order valence-electron chi connectivity index (χ2n) is 9.83. The topological polar surface area (TPSA) is 118 Å². The molecule has 1 fully saturated rings. The van der Waals surface area contributed by atoms with E-state index in [1.54, 1.807) is 42.6 Å². The van der Waals surface area contributed by atoms with Crippen LogP contribution in [-0.2, 0) is 22.6 Å². The standard InChI is InChI=1S/C29H33F2N7O4/c1-5-41-19-13-22(30)21(23(31)14-19)16-38-26(18-7-8-18)17(3)25(35-38)27-34-29(37(36-27)11-12-40-4)33-24-9-10-32-15-20(24)28(39)42-6-2/h9-10,13-15,18H,5-8,11-12,16H2,1-4H3,(H,32,33,34,36). The summed E-state index contributed by atoms with van der Waals surface area (Å²) in [5.41, 5.74) is 2.85. The van der Waals surface area contributed by atoms with Crippen molar-refractivity contribution in [2.75, 3.05) is 32.2 Å². The Labute approximate surface area is 241 Å². The quantitative estimate of drug-likeness (QED) is 0.217. The van der Waals surface area contributed by atoms with Gasteiger partial charge in [0.05, 0.1) is 38.6 Å². The number of nitrogens with one attached hydrogen (secondary N) is 1. The molecule has 3 aromatic heterocycles. The summed E-state index contributed by atoms with van der Waals surface area (Å²) < 4.78 is 48.9. The zero-order valence-corrected chi connectivity index (χ0v) is 24.0. The SMILES string of the molecule is CCOC(=O)c1cnccc1Nc1nc(-c2nn(Cc3c(F)cc(OCC)cc3F)c(C3CC3)c2C)nn1CCOC. The van der Waals surface area contributed by atoms with Crippen molar-refractivity contribution in [2.24, 2.45) is 0 Å². The lowest BCUT2D eigenvalue weighted by Gasteiger charge is -2.11. The smallest absolute Gasteiger partial charge is 0.341 e. The van der Waals surface area contributed by atoms with Crippen molar-refractivity contribution in [3.8, 4) is 17.3 Å². The number of benzene rings is 1.